The number of hydrogen-bond donors (Lipinski definition) is 1. The first-order valence-corrected chi connectivity index (χ1v) is 6.24. The third-order valence-corrected chi connectivity index (χ3v) is 3.67. The summed E-state index contributed by atoms with van der Waals surface area (Å²) in [4.78, 5) is 14.2. The van der Waals surface area contributed by atoms with E-state index in [2.05, 4.69) is 6.92 Å². The predicted molar refractivity (Wildman–Crippen MR) is 68.7 cm³/mol. The number of aliphatic hydroxyl groups is 1. The van der Waals surface area contributed by atoms with Crippen molar-refractivity contribution in [2.45, 2.75) is 19.4 Å². The summed E-state index contributed by atoms with van der Waals surface area (Å²) >= 11 is 0. The lowest BCUT2D eigenvalue weighted by Gasteiger charge is -2.25. The largest absolute Gasteiger partial charge is 0.496 e. The summed E-state index contributed by atoms with van der Waals surface area (Å²) in [6, 6.07) is 7.12. The fourth-order valence-corrected chi connectivity index (χ4v) is 2.51. The predicted octanol–water partition coefficient (Wildman–Crippen LogP) is 1.54. The van der Waals surface area contributed by atoms with Crippen LogP contribution >= 0.6 is 0 Å². The second-order valence-electron chi connectivity index (χ2n) is 4.71. The zero-order valence-corrected chi connectivity index (χ0v) is 10.8. The first-order chi connectivity index (χ1) is 8.69. The fraction of sp³-hybridized carbons (Fsp3) is 0.500. The lowest BCUT2D eigenvalue weighted by Crippen LogP contribution is -2.39. The summed E-state index contributed by atoms with van der Waals surface area (Å²) in [6.07, 6.45) is 0.937. The molecule has 0 saturated carbocycles. The maximum atomic E-state index is 12.5. The molecule has 0 radical (unpaired) electrons. The van der Waals surface area contributed by atoms with Crippen LogP contribution in [0.3, 0.4) is 0 Å². The highest BCUT2D eigenvalue weighted by atomic mass is 16.5. The van der Waals surface area contributed by atoms with Gasteiger partial charge in [-0.25, -0.2) is 0 Å². The van der Waals surface area contributed by atoms with Crippen molar-refractivity contribution in [1.29, 1.82) is 0 Å². The number of ether oxygens (including phenoxy) is 1. The summed E-state index contributed by atoms with van der Waals surface area (Å²) in [7, 11) is 1.56. The van der Waals surface area contributed by atoms with E-state index in [0.717, 1.165) is 6.42 Å². The highest BCUT2D eigenvalue weighted by molar-refractivity contribution is 5.97. The molecule has 4 nitrogen and oxygen atoms in total. The Hall–Kier alpha value is -1.55. The maximum absolute atomic E-state index is 12.5. The SMILES string of the molecule is COc1ccccc1C(=O)N1CCC(C)C1CO. The number of aliphatic hydroxyl groups excluding tert-OH is 1. The standard InChI is InChI=1S/C14H19NO3/c1-10-7-8-15(12(10)9-16)14(17)11-5-3-4-6-13(11)18-2/h3-6,10,12,16H,7-9H2,1-2H3. The minimum Gasteiger partial charge on any atom is -0.496 e. The third-order valence-electron chi connectivity index (χ3n) is 3.67. The molecule has 2 atom stereocenters. The zero-order valence-electron chi connectivity index (χ0n) is 10.8. The van der Waals surface area contributed by atoms with Gasteiger partial charge in [-0.05, 0) is 24.5 Å². The van der Waals surface area contributed by atoms with E-state index in [-0.39, 0.29) is 18.6 Å². The molecule has 4 heteroatoms. The molecule has 2 unspecified atom stereocenters. The van der Waals surface area contributed by atoms with E-state index >= 15 is 0 Å². The van der Waals surface area contributed by atoms with Crippen molar-refractivity contribution in [2.24, 2.45) is 5.92 Å². The molecule has 2 rings (SSSR count). The number of nitrogens with zero attached hydrogens (tertiary/aromatic N) is 1. The van der Waals surface area contributed by atoms with Crippen molar-refractivity contribution in [2.75, 3.05) is 20.3 Å². The van der Waals surface area contributed by atoms with Gasteiger partial charge in [-0.3, -0.25) is 4.79 Å². The van der Waals surface area contributed by atoms with Crippen molar-refractivity contribution >= 4 is 5.91 Å². The number of para-hydroxylation sites is 1. The van der Waals surface area contributed by atoms with Crippen LogP contribution in [-0.4, -0.2) is 42.2 Å². The minimum atomic E-state index is -0.0811. The van der Waals surface area contributed by atoms with Crippen LogP contribution in [0.5, 0.6) is 5.75 Å². The first-order valence-electron chi connectivity index (χ1n) is 6.24. The number of hydrogen-bond acceptors (Lipinski definition) is 3. The fourth-order valence-electron chi connectivity index (χ4n) is 2.51. The van der Waals surface area contributed by atoms with E-state index in [4.69, 9.17) is 4.74 Å². The zero-order chi connectivity index (χ0) is 13.1. The Bertz CT molecular complexity index is 433. The van der Waals surface area contributed by atoms with Gasteiger partial charge in [-0.2, -0.15) is 0 Å². The summed E-state index contributed by atoms with van der Waals surface area (Å²) in [5.41, 5.74) is 0.563. The van der Waals surface area contributed by atoms with Gasteiger partial charge in [0.2, 0.25) is 0 Å². The summed E-state index contributed by atoms with van der Waals surface area (Å²) in [5.74, 6) is 0.864. The van der Waals surface area contributed by atoms with Crippen LogP contribution < -0.4 is 4.74 Å². The van der Waals surface area contributed by atoms with Gasteiger partial charge < -0.3 is 14.7 Å². The monoisotopic (exact) mass is 249 g/mol. The van der Waals surface area contributed by atoms with Gasteiger partial charge in [0.05, 0.1) is 25.3 Å². The lowest BCUT2D eigenvalue weighted by atomic mass is 10.0. The smallest absolute Gasteiger partial charge is 0.257 e. The quantitative estimate of drug-likeness (QED) is 0.884. The first kappa shape index (κ1) is 12.9. The van der Waals surface area contributed by atoms with Crippen LogP contribution in [0.25, 0.3) is 0 Å². The van der Waals surface area contributed by atoms with Crippen molar-refractivity contribution in [3.63, 3.8) is 0 Å². The van der Waals surface area contributed by atoms with Gasteiger partial charge in [-0.1, -0.05) is 19.1 Å². The normalized spacial score (nSPS) is 23.2. The second kappa shape index (κ2) is 5.40. The molecule has 0 aliphatic carbocycles. The number of carbonyl (C=O) groups is 1. The highest BCUT2D eigenvalue weighted by Gasteiger charge is 2.35. The molecular weight excluding hydrogens is 230 g/mol. The van der Waals surface area contributed by atoms with Crippen LogP contribution in [0.15, 0.2) is 24.3 Å². The number of methoxy groups -OCH3 is 1. The average Bonchev–Trinajstić information content (AvgIpc) is 2.78. The van der Waals surface area contributed by atoms with Crippen LogP contribution in [0.2, 0.25) is 0 Å². The van der Waals surface area contributed by atoms with Crippen molar-refractivity contribution in [1.82, 2.24) is 4.90 Å². The van der Waals surface area contributed by atoms with Gasteiger partial charge >= 0.3 is 0 Å². The van der Waals surface area contributed by atoms with Crippen LogP contribution in [0.1, 0.15) is 23.7 Å². The topological polar surface area (TPSA) is 49.8 Å². The molecule has 98 valence electrons. The third kappa shape index (κ3) is 2.20. The van der Waals surface area contributed by atoms with Crippen molar-refractivity contribution < 1.29 is 14.6 Å². The second-order valence-corrected chi connectivity index (χ2v) is 4.71. The summed E-state index contributed by atoms with van der Waals surface area (Å²) in [6.45, 7) is 2.78. The molecule has 1 aliphatic heterocycles. The number of amides is 1. The average molecular weight is 249 g/mol. The van der Waals surface area contributed by atoms with E-state index in [1.54, 1.807) is 24.1 Å². The Morgan fingerprint density at radius 3 is 2.89 bits per heavy atom. The molecule has 1 fully saturated rings. The van der Waals surface area contributed by atoms with Crippen LogP contribution in [0.4, 0.5) is 0 Å². The Kier molecular flexibility index (Phi) is 3.87. The number of likely N-dealkylation sites (tertiary alicyclic amines) is 1. The van der Waals surface area contributed by atoms with Gasteiger partial charge in [0.15, 0.2) is 0 Å². The number of benzene rings is 1. The van der Waals surface area contributed by atoms with Gasteiger partial charge in [0.1, 0.15) is 5.75 Å². The van der Waals surface area contributed by atoms with Crippen LogP contribution in [-0.2, 0) is 0 Å². The van der Waals surface area contributed by atoms with E-state index in [9.17, 15) is 9.90 Å². The van der Waals surface area contributed by atoms with E-state index < -0.39 is 0 Å². The van der Waals surface area contributed by atoms with Gasteiger partial charge in [-0.15, -0.1) is 0 Å². The molecule has 1 N–H and O–H groups in total. The van der Waals surface area contributed by atoms with Gasteiger partial charge in [0, 0.05) is 6.54 Å². The highest BCUT2D eigenvalue weighted by Crippen LogP contribution is 2.28. The molecular formula is C14H19NO3. The van der Waals surface area contributed by atoms with Crippen LogP contribution in [0, 0.1) is 5.92 Å². The minimum absolute atomic E-state index is 0.0159. The molecule has 1 aromatic rings. The molecule has 1 saturated heterocycles. The van der Waals surface area contributed by atoms with E-state index in [1.165, 1.54) is 0 Å². The molecule has 1 aliphatic rings. The summed E-state index contributed by atoms with van der Waals surface area (Å²) in [5, 5.41) is 9.40. The Balaban J connectivity index is 2.26. The van der Waals surface area contributed by atoms with E-state index in [1.807, 2.05) is 12.1 Å². The Morgan fingerprint density at radius 1 is 1.50 bits per heavy atom. The molecule has 18 heavy (non-hydrogen) atoms. The van der Waals surface area contributed by atoms with Gasteiger partial charge in [0.25, 0.3) is 5.91 Å². The molecule has 0 aromatic heterocycles. The Labute approximate surface area is 107 Å². The van der Waals surface area contributed by atoms with Crippen molar-refractivity contribution in [3.05, 3.63) is 29.8 Å². The molecule has 1 aromatic carbocycles. The molecule has 0 spiro atoms. The molecule has 1 heterocycles. The maximum Gasteiger partial charge on any atom is 0.257 e. The molecule has 0 bridgehead atoms. The van der Waals surface area contributed by atoms with Crippen molar-refractivity contribution in [3.8, 4) is 5.75 Å². The Morgan fingerprint density at radius 2 is 2.22 bits per heavy atom. The number of rotatable bonds is 3. The molecule has 1 amide bonds. The number of carbonyl (C=O) groups excluding carboxylic acids is 1. The lowest BCUT2D eigenvalue weighted by molar-refractivity contribution is 0.0645. The van der Waals surface area contributed by atoms with E-state index in [0.29, 0.717) is 23.8 Å². The summed E-state index contributed by atoms with van der Waals surface area (Å²) < 4.78 is 5.21.